The predicted octanol–water partition coefficient (Wildman–Crippen LogP) is 4.63. The van der Waals surface area contributed by atoms with E-state index in [0.717, 1.165) is 6.92 Å². The zero-order chi connectivity index (χ0) is 20.7. The fourth-order valence-electron chi connectivity index (χ4n) is 3.42. The van der Waals surface area contributed by atoms with Crippen molar-refractivity contribution in [3.8, 4) is 0 Å². The first-order valence-electron chi connectivity index (χ1n) is 8.19. The van der Waals surface area contributed by atoms with E-state index in [4.69, 9.17) is 10.8 Å². The van der Waals surface area contributed by atoms with Crippen LogP contribution >= 0.6 is 0 Å². The molecule has 0 bridgehead atoms. The summed E-state index contributed by atoms with van der Waals surface area (Å²) in [6, 6.07) is 3.17. The summed E-state index contributed by atoms with van der Waals surface area (Å²) in [6.45, 7) is 4.22. The van der Waals surface area contributed by atoms with Gasteiger partial charge in [-0.15, -0.1) is 0 Å². The third kappa shape index (κ3) is 4.05. The predicted molar refractivity (Wildman–Crippen MR) is 91.3 cm³/mol. The van der Waals surface area contributed by atoms with Gasteiger partial charge in [-0.25, -0.2) is 8.78 Å². The van der Waals surface area contributed by atoms with Crippen molar-refractivity contribution in [2.75, 3.05) is 0 Å². The second-order valence-electron chi connectivity index (χ2n) is 6.95. The van der Waals surface area contributed by atoms with E-state index in [0.29, 0.717) is 17.2 Å². The number of carboxylic acid groups (broad SMARTS) is 1. The lowest BCUT2D eigenvalue weighted by Gasteiger charge is -2.39. The maximum atomic E-state index is 15.7. The van der Waals surface area contributed by atoms with E-state index in [1.165, 1.54) is 6.07 Å². The highest BCUT2D eigenvalue weighted by Crippen LogP contribution is 2.51. The minimum Gasteiger partial charge on any atom is -0.481 e. The van der Waals surface area contributed by atoms with Crippen LogP contribution in [0.25, 0.3) is 5.57 Å². The van der Waals surface area contributed by atoms with Gasteiger partial charge in [-0.1, -0.05) is 23.8 Å². The second kappa shape index (κ2) is 7.07. The SMILES string of the molecule is Cc1ccc(C)c(C2=CC(C(F)(F)F)=C(F)C(C(N)CC(=O)O)C2(C)F)c1. The quantitative estimate of drug-likeness (QED) is 0.738. The first kappa shape index (κ1) is 21.1. The van der Waals surface area contributed by atoms with E-state index in [2.05, 4.69) is 0 Å². The highest BCUT2D eigenvalue weighted by Gasteiger charge is 2.52. The van der Waals surface area contributed by atoms with Crippen LogP contribution in [0.1, 0.15) is 30.0 Å². The Bertz CT molecular complexity index is 824. The Kier molecular flexibility index (Phi) is 5.52. The number of rotatable bonds is 4. The fourth-order valence-corrected chi connectivity index (χ4v) is 3.42. The lowest BCUT2D eigenvalue weighted by molar-refractivity contribution is -0.137. The summed E-state index contributed by atoms with van der Waals surface area (Å²) in [7, 11) is 0. The van der Waals surface area contributed by atoms with Gasteiger partial charge in [0.15, 0.2) is 0 Å². The molecule has 3 nitrogen and oxygen atoms in total. The van der Waals surface area contributed by atoms with Crippen LogP contribution in [0.3, 0.4) is 0 Å². The maximum Gasteiger partial charge on any atom is 0.418 e. The molecule has 0 saturated carbocycles. The standard InChI is InChI=1S/C19H20F5NO2/c1-9-4-5-10(2)11(6-9)12-7-13(19(22,23)24)17(20)16(18(12,3)21)14(25)8-15(26)27/h4-7,14,16H,8,25H2,1-3H3,(H,26,27). The van der Waals surface area contributed by atoms with Gasteiger partial charge in [-0.3, -0.25) is 4.79 Å². The molecule has 0 spiro atoms. The number of hydrogen-bond donors (Lipinski definition) is 2. The van der Waals surface area contributed by atoms with Crippen LogP contribution in [-0.2, 0) is 4.79 Å². The van der Waals surface area contributed by atoms with Crippen LogP contribution in [0.4, 0.5) is 22.0 Å². The van der Waals surface area contributed by atoms with Crippen molar-refractivity contribution in [1.82, 2.24) is 0 Å². The number of carboxylic acids is 1. The average molecular weight is 389 g/mol. The Balaban J connectivity index is 2.75. The highest BCUT2D eigenvalue weighted by molar-refractivity contribution is 5.79. The van der Waals surface area contributed by atoms with Crippen LogP contribution in [0.2, 0.25) is 0 Å². The summed E-state index contributed by atoms with van der Waals surface area (Å²) >= 11 is 0. The van der Waals surface area contributed by atoms with E-state index in [-0.39, 0.29) is 11.1 Å². The van der Waals surface area contributed by atoms with E-state index < -0.39 is 47.6 Å². The van der Waals surface area contributed by atoms with Crippen LogP contribution in [0.15, 0.2) is 35.7 Å². The molecule has 27 heavy (non-hydrogen) atoms. The van der Waals surface area contributed by atoms with Gasteiger partial charge in [0, 0.05) is 6.04 Å². The number of halogens is 5. The molecule has 1 aromatic carbocycles. The largest absolute Gasteiger partial charge is 0.481 e. The summed E-state index contributed by atoms with van der Waals surface area (Å²) in [5.74, 6) is -5.32. The number of nitrogens with two attached hydrogens (primary N) is 1. The molecule has 0 heterocycles. The Labute approximate surface area is 153 Å². The van der Waals surface area contributed by atoms with Gasteiger partial charge in [-0.2, -0.15) is 13.2 Å². The molecule has 0 aliphatic heterocycles. The van der Waals surface area contributed by atoms with Gasteiger partial charge in [0.2, 0.25) is 0 Å². The number of benzene rings is 1. The van der Waals surface area contributed by atoms with Crippen molar-refractivity contribution in [2.24, 2.45) is 11.7 Å². The Morgan fingerprint density at radius 1 is 1.33 bits per heavy atom. The van der Waals surface area contributed by atoms with Crippen LogP contribution in [0.5, 0.6) is 0 Å². The maximum absolute atomic E-state index is 15.7. The fraction of sp³-hybridized carbons (Fsp3) is 0.421. The number of aryl methyl sites for hydroxylation is 2. The Hall–Kier alpha value is -2.22. The highest BCUT2D eigenvalue weighted by atomic mass is 19.4. The first-order chi connectivity index (χ1) is 12.3. The summed E-state index contributed by atoms with van der Waals surface area (Å²) in [6.07, 6.45) is -5.49. The molecule has 148 valence electrons. The zero-order valence-electron chi connectivity index (χ0n) is 15.0. The molecule has 1 aliphatic carbocycles. The van der Waals surface area contributed by atoms with Crippen LogP contribution in [-0.4, -0.2) is 29.0 Å². The monoisotopic (exact) mass is 389 g/mol. The normalized spacial score (nSPS) is 24.6. The van der Waals surface area contributed by atoms with Gasteiger partial charge in [-0.05, 0) is 43.5 Å². The number of carbonyl (C=O) groups is 1. The minimum atomic E-state index is -5.08. The molecule has 0 aromatic heterocycles. The molecule has 1 aromatic rings. The summed E-state index contributed by atoms with van der Waals surface area (Å²) in [4.78, 5) is 10.9. The number of hydrogen-bond acceptors (Lipinski definition) is 2. The number of aliphatic carboxylic acids is 1. The van der Waals surface area contributed by atoms with Crippen molar-refractivity contribution in [2.45, 2.75) is 45.1 Å². The average Bonchev–Trinajstić information content (AvgIpc) is 2.47. The molecule has 3 unspecified atom stereocenters. The molecule has 1 aliphatic rings. The molecule has 0 amide bonds. The molecule has 0 fully saturated rings. The van der Waals surface area contributed by atoms with Gasteiger partial charge in [0.1, 0.15) is 11.5 Å². The van der Waals surface area contributed by atoms with Crippen LogP contribution in [0, 0.1) is 19.8 Å². The number of allylic oxidation sites excluding steroid dienone is 3. The van der Waals surface area contributed by atoms with Crippen LogP contribution < -0.4 is 5.73 Å². The van der Waals surface area contributed by atoms with E-state index >= 15 is 4.39 Å². The Morgan fingerprint density at radius 3 is 2.44 bits per heavy atom. The van der Waals surface area contributed by atoms with Crippen molar-refractivity contribution >= 4 is 11.5 Å². The van der Waals surface area contributed by atoms with E-state index in [1.54, 1.807) is 26.0 Å². The molecule has 3 atom stereocenters. The van der Waals surface area contributed by atoms with Gasteiger partial charge < -0.3 is 10.8 Å². The first-order valence-corrected chi connectivity index (χ1v) is 8.19. The lowest BCUT2D eigenvalue weighted by atomic mass is 9.70. The van der Waals surface area contributed by atoms with Crippen molar-refractivity contribution in [3.63, 3.8) is 0 Å². The third-order valence-corrected chi connectivity index (χ3v) is 4.76. The topological polar surface area (TPSA) is 63.3 Å². The molecule has 3 N–H and O–H groups in total. The molecular weight excluding hydrogens is 369 g/mol. The van der Waals surface area contributed by atoms with Crippen molar-refractivity contribution in [1.29, 1.82) is 0 Å². The van der Waals surface area contributed by atoms with Crippen molar-refractivity contribution < 1.29 is 31.9 Å². The second-order valence-corrected chi connectivity index (χ2v) is 6.95. The van der Waals surface area contributed by atoms with E-state index in [9.17, 15) is 22.4 Å². The lowest BCUT2D eigenvalue weighted by Crippen LogP contribution is -2.47. The van der Waals surface area contributed by atoms with Gasteiger partial charge >= 0.3 is 12.1 Å². The van der Waals surface area contributed by atoms with Gasteiger partial charge in [0.05, 0.1) is 17.9 Å². The van der Waals surface area contributed by atoms with E-state index in [1.807, 2.05) is 0 Å². The zero-order valence-corrected chi connectivity index (χ0v) is 15.0. The summed E-state index contributed by atoms with van der Waals surface area (Å²) < 4.78 is 70.6. The molecule has 2 rings (SSSR count). The molecule has 0 radical (unpaired) electrons. The number of alkyl halides is 4. The molecule has 8 heteroatoms. The smallest absolute Gasteiger partial charge is 0.418 e. The third-order valence-electron chi connectivity index (χ3n) is 4.76. The summed E-state index contributed by atoms with van der Waals surface area (Å²) in [5, 5.41) is 8.88. The van der Waals surface area contributed by atoms with Gasteiger partial charge in [0.25, 0.3) is 0 Å². The Morgan fingerprint density at radius 2 is 1.93 bits per heavy atom. The minimum absolute atomic E-state index is 0.196. The molecule has 0 saturated heterocycles. The molecular formula is C19H20F5NO2. The summed E-state index contributed by atoms with van der Waals surface area (Å²) in [5.41, 5.74) is 2.38. The van der Waals surface area contributed by atoms with Crippen molar-refractivity contribution in [3.05, 3.63) is 52.4 Å².